The van der Waals surface area contributed by atoms with Gasteiger partial charge in [0.15, 0.2) is 5.82 Å². The Morgan fingerprint density at radius 3 is 2.87 bits per heavy atom. The van der Waals surface area contributed by atoms with Gasteiger partial charge in [0.1, 0.15) is 17.5 Å². The summed E-state index contributed by atoms with van der Waals surface area (Å²) in [4.78, 5) is 12.7. The van der Waals surface area contributed by atoms with Crippen LogP contribution in [0.4, 0.5) is 10.5 Å². The summed E-state index contributed by atoms with van der Waals surface area (Å²) in [5.41, 5.74) is 1.24. The van der Waals surface area contributed by atoms with Crippen molar-refractivity contribution in [1.29, 1.82) is 5.26 Å². The fraction of sp³-hybridized carbons (Fsp3) is 0.250. The van der Waals surface area contributed by atoms with E-state index < -0.39 is 23.8 Å². The molecule has 152 valence electrons. The van der Waals surface area contributed by atoms with Crippen LogP contribution in [0.1, 0.15) is 31.0 Å². The highest BCUT2D eigenvalue weighted by Gasteiger charge is 2.43. The number of tetrazole rings is 1. The van der Waals surface area contributed by atoms with E-state index in [1.165, 1.54) is 0 Å². The van der Waals surface area contributed by atoms with Crippen LogP contribution in [-0.4, -0.2) is 43.5 Å². The molecule has 2 unspecified atom stereocenters. The van der Waals surface area contributed by atoms with E-state index in [2.05, 4.69) is 37.3 Å². The maximum atomic E-state index is 12.7. The third-order valence-electron chi connectivity index (χ3n) is 4.90. The van der Waals surface area contributed by atoms with E-state index in [0.29, 0.717) is 34.0 Å². The second-order valence-corrected chi connectivity index (χ2v) is 7.42. The maximum Gasteiger partial charge on any atom is 0.319 e. The minimum absolute atomic E-state index is 0.407. The Hall–Kier alpha value is -3.97. The topological polar surface area (TPSA) is 149 Å². The molecule has 1 aliphatic heterocycles. The van der Waals surface area contributed by atoms with Crippen LogP contribution >= 0.6 is 0 Å². The Morgan fingerprint density at radius 2 is 2.13 bits per heavy atom. The SMILES string of the molecule is CC1(C)Oc2ccc(C#N)cc2C(NC(=O)Nc2cccc(-c3nnn[nH]3)c2)C1O. The van der Waals surface area contributed by atoms with Gasteiger partial charge in [0.2, 0.25) is 0 Å². The number of anilines is 1. The Kier molecular flexibility index (Phi) is 4.81. The molecule has 0 fully saturated rings. The number of hydrogen-bond acceptors (Lipinski definition) is 7. The molecule has 10 heteroatoms. The summed E-state index contributed by atoms with van der Waals surface area (Å²) in [5, 5.41) is 39.2. The second kappa shape index (κ2) is 7.46. The van der Waals surface area contributed by atoms with Crippen LogP contribution in [-0.2, 0) is 0 Å². The number of hydrogen-bond donors (Lipinski definition) is 4. The number of amides is 2. The first-order valence-electron chi connectivity index (χ1n) is 9.20. The number of ether oxygens (including phenoxy) is 1. The molecule has 10 nitrogen and oxygen atoms in total. The Labute approximate surface area is 171 Å². The summed E-state index contributed by atoms with van der Waals surface area (Å²) < 4.78 is 5.86. The number of aliphatic hydroxyl groups excluding tert-OH is 1. The molecule has 1 aromatic heterocycles. The zero-order valence-electron chi connectivity index (χ0n) is 16.2. The van der Waals surface area contributed by atoms with E-state index in [0.717, 1.165) is 0 Å². The van der Waals surface area contributed by atoms with Gasteiger partial charge in [0.25, 0.3) is 0 Å². The molecule has 1 aliphatic rings. The predicted molar refractivity (Wildman–Crippen MR) is 106 cm³/mol. The highest BCUT2D eigenvalue weighted by atomic mass is 16.5. The van der Waals surface area contributed by atoms with Gasteiger partial charge in [-0.25, -0.2) is 9.89 Å². The summed E-state index contributed by atoms with van der Waals surface area (Å²) >= 11 is 0. The lowest BCUT2D eigenvalue weighted by molar-refractivity contribution is -0.0618. The molecular weight excluding hydrogens is 386 g/mol. The zero-order chi connectivity index (χ0) is 21.3. The van der Waals surface area contributed by atoms with Crippen LogP contribution in [0, 0.1) is 11.3 Å². The molecule has 0 aliphatic carbocycles. The lowest BCUT2D eigenvalue weighted by Crippen LogP contribution is -2.54. The number of aliphatic hydroxyl groups is 1. The number of rotatable bonds is 3. The van der Waals surface area contributed by atoms with Gasteiger partial charge in [-0.2, -0.15) is 5.26 Å². The van der Waals surface area contributed by atoms with Crippen molar-refractivity contribution in [3.05, 3.63) is 53.6 Å². The molecule has 0 bridgehead atoms. The number of carbonyl (C=O) groups is 1. The van der Waals surface area contributed by atoms with Crippen molar-refractivity contribution in [2.75, 3.05) is 5.32 Å². The second-order valence-electron chi connectivity index (χ2n) is 7.42. The van der Waals surface area contributed by atoms with Gasteiger partial charge in [0.05, 0.1) is 17.7 Å². The van der Waals surface area contributed by atoms with Crippen LogP contribution in [0.15, 0.2) is 42.5 Å². The normalized spacial score (nSPS) is 19.1. The number of carbonyl (C=O) groups excluding carboxylic acids is 1. The first-order valence-corrected chi connectivity index (χ1v) is 9.20. The van der Waals surface area contributed by atoms with Gasteiger partial charge in [-0.05, 0) is 54.6 Å². The number of nitrogens with zero attached hydrogens (tertiary/aromatic N) is 4. The number of nitrogens with one attached hydrogen (secondary N) is 3. The zero-order valence-corrected chi connectivity index (χ0v) is 16.2. The molecule has 2 atom stereocenters. The van der Waals surface area contributed by atoms with Crippen molar-refractivity contribution in [3.63, 3.8) is 0 Å². The van der Waals surface area contributed by atoms with Crippen molar-refractivity contribution in [2.24, 2.45) is 0 Å². The minimum atomic E-state index is -1.03. The number of benzene rings is 2. The van der Waals surface area contributed by atoms with Crippen LogP contribution < -0.4 is 15.4 Å². The van der Waals surface area contributed by atoms with Crippen LogP contribution in [0.3, 0.4) is 0 Å². The highest BCUT2D eigenvalue weighted by molar-refractivity contribution is 5.90. The van der Waals surface area contributed by atoms with E-state index in [4.69, 9.17) is 4.74 Å². The van der Waals surface area contributed by atoms with Gasteiger partial charge in [-0.15, -0.1) is 5.10 Å². The van der Waals surface area contributed by atoms with Crippen LogP contribution in [0.5, 0.6) is 5.75 Å². The summed E-state index contributed by atoms with van der Waals surface area (Å²) in [6, 6.07) is 12.7. The highest BCUT2D eigenvalue weighted by Crippen LogP contribution is 2.40. The third-order valence-corrected chi connectivity index (χ3v) is 4.90. The number of urea groups is 1. The first-order chi connectivity index (χ1) is 14.4. The maximum absolute atomic E-state index is 12.7. The monoisotopic (exact) mass is 405 g/mol. The minimum Gasteiger partial charge on any atom is -0.485 e. The van der Waals surface area contributed by atoms with Crippen LogP contribution in [0.25, 0.3) is 11.4 Å². The standard InChI is InChI=1S/C20H19N7O3/c1-20(2)17(28)16(14-8-11(10-21)6-7-15(14)30-20)23-19(29)22-13-5-3-4-12(9-13)18-24-26-27-25-18/h3-9,16-17,28H,1-2H3,(H2,22,23,29)(H,24,25,26,27). The van der Waals surface area contributed by atoms with Crippen molar-refractivity contribution < 1.29 is 14.6 Å². The number of aromatic amines is 1. The van der Waals surface area contributed by atoms with Gasteiger partial charge >= 0.3 is 6.03 Å². The smallest absolute Gasteiger partial charge is 0.319 e. The third kappa shape index (κ3) is 3.66. The molecular formula is C20H19N7O3. The summed E-state index contributed by atoms with van der Waals surface area (Å²) in [5.74, 6) is 0.980. The van der Waals surface area contributed by atoms with E-state index in [9.17, 15) is 15.2 Å². The van der Waals surface area contributed by atoms with E-state index >= 15 is 0 Å². The van der Waals surface area contributed by atoms with Gasteiger partial charge in [-0.1, -0.05) is 12.1 Å². The average Bonchev–Trinajstić information content (AvgIpc) is 3.26. The Morgan fingerprint density at radius 1 is 1.30 bits per heavy atom. The molecule has 30 heavy (non-hydrogen) atoms. The summed E-state index contributed by atoms with van der Waals surface area (Å²) in [6.45, 7) is 3.47. The molecule has 4 N–H and O–H groups in total. The molecule has 2 amide bonds. The largest absolute Gasteiger partial charge is 0.485 e. The number of aromatic nitrogens is 4. The predicted octanol–water partition coefficient (Wildman–Crippen LogP) is 2.13. The van der Waals surface area contributed by atoms with Gasteiger partial charge in [-0.3, -0.25) is 0 Å². The lowest BCUT2D eigenvalue weighted by Gasteiger charge is -2.42. The van der Waals surface area contributed by atoms with E-state index in [-0.39, 0.29) is 0 Å². The van der Waals surface area contributed by atoms with Gasteiger partial charge < -0.3 is 20.5 Å². The summed E-state index contributed by atoms with van der Waals surface area (Å²) in [7, 11) is 0. The fourth-order valence-corrected chi connectivity index (χ4v) is 3.36. The summed E-state index contributed by atoms with van der Waals surface area (Å²) in [6.07, 6.45) is -1.03. The number of fused-ring (bicyclic) bond motifs is 1. The van der Waals surface area contributed by atoms with Crippen molar-refractivity contribution in [3.8, 4) is 23.2 Å². The molecule has 0 radical (unpaired) electrons. The molecule has 2 aromatic carbocycles. The van der Waals surface area contributed by atoms with E-state index in [1.807, 2.05) is 0 Å². The Balaban J connectivity index is 1.57. The first kappa shape index (κ1) is 19.4. The average molecular weight is 405 g/mol. The molecule has 0 saturated heterocycles. The quantitative estimate of drug-likeness (QED) is 0.521. The Bertz CT molecular complexity index is 1120. The number of nitriles is 1. The van der Waals surface area contributed by atoms with E-state index in [1.54, 1.807) is 56.3 Å². The van der Waals surface area contributed by atoms with Crippen molar-refractivity contribution in [2.45, 2.75) is 31.6 Å². The molecule has 4 rings (SSSR count). The number of H-pyrrole nitrogens is 1. The lowest BCUT2D eigenvalue weighted by atomic mass is 9.86. The molecule has 2 heterocycles. The van der Waals surface area contributed by atoms with Gasteiger partial charge in [0, 0.05) is 16.8 Å². The van der Waals surface area contributed by atoms with Crippen molar-refractivity contribution >= 4 is 11.7 Å². The molecule has 0 spiro atoms. The molecule has 3 aromatic rings. The van der Waals surface area contributed by atoms with Crippen molar-refractivity contribution in [1.82, 2.24) is 25.9 Å². The fourth-order valence-electron chi connectivity index (χ4n) is 3.36. The molecule has 0 saturated carbocycles. The van der Waals surface area contributed by atoms with Crippen LogP contribution in [0.2, 0.25) is 0 Å².